The van der Waals surface area contributed by atoms with Crippen molar-refractivity contribution in [3.63, 3.8) is 0 Å². The Morgan fingerprint density at radius 3 is 2.93 bits per heavy atom. The minimum Gasteiger partial charge on any atom is -0.494 e. The first-order valence-corrected chi connectivity index (χ1v) is 10.7. The quantitative estimate of drug-likeness (QED) is 0.566. The van der Waals surface area contributed by atoms with E-state index in [1.807, 2.05) is 13.8 Å². The van der Waals surface area contributed by atoms with Crippen molar-refractivity contribution in [3.8, 4) is 11.5 Å². The van der Waals surface area contributed by atoms with Crippen molar-refractivity contribution in [2.24, 2.45) is 0 Å². The molecule has 1 amide bonds. The van der Waals surface area contributed by atoms with E-state index in [4.69, 9.17) is 14.2 Å². The van der Waals surface area contributed by atoms with E-state index in [0.717, 1.165) is 12.8 Å². The largest absolute Gasteiger partial charge is 0.494 e. The van der Waals surface area contributed by atoms with Gasteiger partial charge in [0.2, 0.25) is 5.91 Å². The van der Waals surface area contributed by atoms with Crippen LogP contribution in [0.5, 0.6) is 11.5 Å². The lowest BCUT2D eigenvalue weighted by atomic mass is 10.2. The molecule has 29 heavy (non-hydrogen) atoms. The van der Waals surface area contributed by atoms with Crippen molar-refractivity contribution in [2.45, 2.75) is 44.5 Å². The molecule has 1 aromatic heterocycles. The highest BCUT2D eigenvalue weighted by atomic mass is 32.2. The first kappa shape index (κ1) is 21.3. The number of anilines is 1. The number of hydrogen-bond donors (Lipinski definition) is 2. The highest BCUT2D eigenvalue weighted by Crippen LogP contribution is 2.30. The van der Waals surface area contributed by atoms with Crippen LogP contribution in [0.4, 0.5) is 5.69 Å². The van der Waals surface area contributed by atoms with E-state index >= 15 is 0 Å². The van der Waals surface area contributed by atoms with Gasteiger partial charge in [-0.1, -0.05) is 11.8 Å². The van der Waals surface area contributed by atoms with Crippen LogP contribution in [0.1, 0.15) is 26.7 Å². The highest BCUT2D eigenvalue weighted by molar-refractivity contribution is 7.99. The molecular weight excluding hydrogens is 396 g/mol. The Morgan fingerprint density at radius 1 is 1.38 bits per heavy atom. The smallest absolute Gasteiger partial charge is 0.344 e. The second-order valence-electron chi connectivity index (χ2n) is 6.42. The molecule has 1 unspecified atom stereocenters. The number of thioether (sulfide) groups is 1. The number of aromatic amines is 1. The summed E-state index contributed by atoms with van der Waals surface area (Å²) in [6.07, 6.45) is 1.91. The number of ether oxygens (including phenoxy) is 3. The molecule has 1 aliphatic heterocycles. The van der Waals surface area contributed by atoms with Gasteiger partial charge in [0.1, 0.15) is 11.5 Å². The number of carbonyl (C=O) groups excluding carboxylic acids is 1. The van der Waals surface area contributed by atoms with E-state index in [2.05, 4.69) is 15.5 Å². The maximum atomic E-state index is 12.5. The topological polar surface area (TPSA) is 107 Å². The third-order valence-electron chi connectivity index (χ3n) is 4.30. The van der Waals surface area contributed by atoms with E-state index in [0.29, 0.717) is 48.7 Å². The van der Waals surface area contributed by atoms with Gasteiger partial charge < -0.3 is 19.5 Å². The molecule has 158 valence electrons. The molecule has 1 aromatic carbocycles. The molecule has 2 aromatic rings. The zero-order valence-corrected chi connectivity index (χ0v) is 17.4. The van der Waals surface area contributed by atoms with Gasteiger partial charge in [-0.2, -0.15) is 0 Å². The lowest BCUT2D eigenvalue weighted by Crippen LogP contribution is -2.25. The number of rotatable bonds is 10. The van der Waals surface area contributed by atoms with Gasteiger partial charge in [0.25, 0.3) is 0 Å². The standard InChI is InChI=1S/C19H26N4O5S/c1-3-26-13-7-8-16(27-4-2)15(10-13)20-17(24)12-29-19-22-21-18(25)23(19)11-14-6-5-9-28-14/h7-8,10,14H,3-6,9,11-12H2,1-2H3,(H,20,24)(H,21,25). The van der Waals surface area contributed by atoms with Crippen LogP contribution in [0.2, 0.25) is 0 Å². The van der Waals surface area contributed by atoms with Crippen LogP contribution in [0.3, 0.4) is 0 Å². The van der Waals surface area contributed by atoms with Crippen LogP contribution in [0, 0.1) is 0 Å². The first-order valence-electron chi connectivity index (χ1n) is 9.69. The predicted molar refractivity (Wildman–Crippen MR) is 110 cm³/mol. The molecule has 2 heterocycles. The van der Waals surface area contributed by atoms with Crippen molar-refractivity contribution in [3.05, 3.63) is 28.7 Å². The summed E-state index contributed by atoms with van der Waals surface area (Å²) in [5, 5.41) is 9.79. The van der Waals surface area contributed by atoms with Gasteiger partial charge in [-0.25, -0.2) is 9.89 Å². The molecule has 0 saturated carbocycles. The monoisotopic (exact) mass is 422 g/mol. The minimum absolute atomic E-state index is 0.00790. The predicted octanol–water partition coefficient (Wildman–Crippen LogP) is 2.28. The average molecular weight is 423 g/mol. The van der Waals surface area contributed by atoms with Crippen LogP contribution in [0.15, 0.2) is 28.2 Å². The van der Waals surface area contributed by atoms with Crippen molar-refractivity contribution >= 4 is 23.4 Å². The van der Waals surface area contributed by atoms with E-state index in [9.17, 15) is 9.59 Å². The van der Waals surface area contributed by atoms with Gasteiger partial charge >= 0.3 is 5.69 Å². The Hall–Kier alpha value is -2.46. The van der Waals surface area contributed by atoms with Crippen LogP contribution in [-0.4, -0.2) is 52.3 Å². The highest BCUT2D eigenvalue weighted by Gasteiger charge is 2.20. The van der Waals surface area contributed by atoms with Crippen LogP contribution in [0.25, 0.3) is 0 Å². The van der Waals surface area contributed by atoms with E-state index in [-0.39, 0.29) is 23.5 Å². The number of amides is 1. The summed E-state index contributed by atoms with van der Waals surface area (Å²) in [6.45, 7) is 5.93. The molecule has 0 bridgehead atoms. The molecule has 1 saturated heterocycles. The summed E-state index contributed by atoms with van der Waals surface area (Å²) in [5.41, 5.74) is 0.244. The van der Waals surface area contributed by atoms with Gasteiger partial charge in [-0.15, -0.1) is 5.10 Å². The van der Waals surface area contributed by atoms with E-state index in [1.54, 1.807) is 18.2 Å². The minimum atomic E-state index is -0.300. The summed E-state index contributed by atoms with van der Waals surface area (Å²) < 4.78 is 18.2. The lowest BCUT2D eigenvalue weighted by molar-refractivity contribution is -0.113. The second kappa shape index (κ2) is 10.4. The van der Waals surface area contributed by atoms with Crippen molar-refractivity contribution in [2.75, 3.05) is 30.9 Å². The number of nitrogens with zero attached hydrogens (tertiary/aromatic N) is 2. The van der Waals surface area contributed by atoms with E-state index < -0.39 is 0 Å². The SMILES string of the molecule is CCOc1ccc(OCC)c(NC(=O)CSc2n[nH]c(=O)n2CC2CCCO2)c1. The molecule has 3 rings (SSSR count). The summed E-state index contributed by atoms with van der Waals surface area (Å²) in [7, 11) is 0. The molecule has 1 atom stereocenters. The molecular formula is C19H26N4O5S. The summed E-state index contributed by atoms with van der Waals surface area (Å²) in [4.78, 5) is 24.5. The Kier molecular flexibility index (Phi) is 7.59. The lowest BCUT2D eigenvalue weighted by Gasteiger charge is -2.14. The first-order chi connectivity index (χ1) is 14.1. The molecule has 0 spiro atoms. The van der Waals surface area contributed by atoms with Crippen LogP contribution in [-0.2, 0) is 16.1 Å². The molecule has 0 radical (unpaired) electrons. The van der Waals surface area contributed by atoms with Gasteiger partial charge in [0, 0.05) is 12.7 Å². The molecule has 1 fully saturated rings. The normalized spacial score (nSPS) is 16.0. The number of benzene rings is 1. The zero-order valence-electron chi connectivity index (χ0n) is 16.6. The van der Waals surface area contributed by atoms with Gasteiger partial charge in [0.05, 0.1) is 37.3 Å². The Balaban J connectivity index is 1.63. The number of hydrogen-bond acceptors (Lipinski definition) is 7. The fourth-order valence-corrected chi connectivity index (χ4v) is 3.78. The molecule has 0 aliphatic carbocycles. The third kappa shape index (κ3) is 5.77. The Labute approximate surface area is 173 Å². The van der Waals surface area contributed by atoms with Crippen LogP contribution < -0.4 is 20.5 Å². The second-order valence-corrected chi connectivity index (χ2v) is 7.36. The van der Waals surface area contributed by atoms with Crippen molar-refractivity contribution in [1.29, 1.82) is 0 Å². The summed E-state index contributed by atoms with van der Waals surface area (Å²) in [6, 6.07) is 5.30. The third-order valence-corrected chi connectivity index (χ3v) is 5.28. The molecule has 10 heteroatoms. The maximum Gasteiger partial charge on any atom is 0.344 e. The van der Waals surface area contributed by atoms with Gasteiger partial charge in [0.15, 0.2) is 5.16 Å². The number of carbonyl (C=O) groups is 1. The fraction of sp³-hybridized carbons (Fsp3) is 0.526. The number of nitrogens with one attached hydrogen (secondary N) is 2. The van der Waals surface area contributed by atoms with E-state index in [1.165, 1.54) is 16.3 Å². The fourth-order valence-electron chi connectivity index (χ4n) is 3.03. The maximum absolute atomic E-state index is 12.5. The van der Waals surface area contributed by atoms with Crippen molar-refractivity contribution < 1.29 is 19.0 Å². The summed E-state index contributed by atoms with van der Waals surface area (Å²) in [5.74, 6) is 1.09. The molecule has 2 N–H and O–H groups in total. The van der Waals surface area contributed by atoms with Crippen LogP contribution >= 0.6 is 11.8 Å². The Morgan fingerprint density at radius 2 is 2.21 bits per heavy atom. The number of aromatic nitrogens is 3. The summed E-state index contributed by atoms with van der Waals surface area (Å²) >= 11 is 1.19. The molecule has 9 nitrogen and oxygen atoms in total. The van der Waals surface area contributed by atoms with Gasteiger partial charge in [-0.3, -0.25) is 9.36 Å². The average Bonchev–Trinajstić information content (AvgIpc) is 3.34. The van der Waals surface area contributed by atoms with Gasteiger partial charge in [-0.05, 0) is 38.8 Å². The van der Waals surface area contributed by atoms with Crippen molar-refractivity contribution in [1.82, 2.24) is 14.8 Å². The Bertz CT molecular complexity index is 876. The zero-order chi connectivity index (χ0) is 20.6. The molecule has 1 aliphatic rings. The number of H-pyrrole nitrogens is 1.